The maximum absolute atomic E-state index is 11.2. The van der Waals surface area contributed by atoms with E-state index in [2.05, 4.69) is 4.98 Å². The normalized spacial score (nSPS) is 10.2. The molecular weight excluding hydrogens is 240 g/mol. The molecule has 4 N–H and O–H groups in total. The lowest BCUT2D eigenvalue weighted by Crippen LogP contribution is -2.16. The molecule has 5 heteroatoms. The first-order valence-corrected chi connectivity index (χ1v) is 5.91. The molecule has 0 unspecified atom stereocenters. The summed E-state index contributed by atoms with van der Waals surface area (Å²) in [4.78, 5) is 17.0. The lowest BCUT2D eigenvalue weighted by molar-refractivity contribution is 0.0995. The number of amides is 1. The molecule has 0 aliphatic carbocycles. The van der Waals surface area contributed by atoms with Crippen LogP contribution in [0.4, 0.5) is 11.4 Å². The third-order valence-corrected chi connectivity index (χ3v) is 2.96. The van der Waals surface area contributed by atoms with E-state index in [9.17, 15) is 4.79 Å². The lowest BCUT2D eigenvalue weighted by Gasteiger charge is -2.22. The second-order valence-electron chi connectivity index (χ2n) is 4.16. The average Bonchev–Trinajstić information content (AvgIpc) is 2.46. The summed E-state index contributed by atoms with van der Waals surface area (Å²) in [6, 6.07) is 11.3. The smallest absolute Gasteiger partial charge is 0.267 e. The second-order valence-corrected chi connectivity index (χ2v) is 4.16. The number of benzene rings is 1. The van der Waals surface area contributed by atoms with E-state index < -0.39 is 5.91 Å². The Hall–Kier alpha value is -2.40. The molecule has 19 heavy (non-hydrogen) atoms. The molecule has 0 fully saturated rings. The highest BCUT2D eigenvalue weighted by Crippen LogP contribution is 2.26. The molecule has 0 aliphatic rings. The van der Waals surface area contributed by atoms with Crippen LogP contribution in [-0.2, 0) is 6.54 Å². The fourth-order valence-electron chi connectivity index (χ4n) is 1.91. The quantitative estimate of drug-likeness (QED) is 0.866. The predicted octanol–water partition coefficient (Wildman–Crippen LogP) is 1.41. The van der Waals surface area contributed by atoms with Crippen LogP contribution < -0.4 is 16.4 Å². The van der Waals surface area contributed by atoms with Gasteiger partial charge < -0.3 is 16.4 Å². The number of carbonyl (C=O) groups excluding carboxylic acids is 1. The Morgan fingerprint density at radius 1 is 1.32 bits per heavy atom. The van der Waals surface area contributed by atoms with Crippen molar-refractivity contribution in [1.29, 1.82) is 0 Å². The fraction of sp³-hybridized carbons (Fsp3) is 0.143. The molecule has 0 saturated carbocycles. The van der Waals surface area contributed by atoms with Crippen LogP contribution in [0.5, 0.6) is 0 Å². The third-order valence-electron chi connectivity index (χ3n) is 2.96. The van der Waals surface area contributed by atoms with Gasteiger partial charge in [-0.3, -0.25) is 9.78 Å². The molecule has 0 spiro atoms. The van der Waals surface area contributed by atoms with E-state index >= 15 is 0 Å². The summed E-state index contributed by atoms with van der Waals surface area (Å²) < 4.78 is 0. The topological polar surface area (TPSA) is 85.2 Å². The van der Waals surface area contributed by atoms with Crippen LogP contribution in [0.25, 0.3) is 0 Å². The zero-order valence-electron chi connectivity index (χ0n) is 10.7. The van der Waals surface area contributed by atoms with Crippen molar-refractivity contribution < 1.29 is 4.79 Å². The van der Waals surface area contributed by atoms with Gasteiger partial charge in [-0.15, -0.1) is 0 Å². The van der Waals surface area contributed by atoms with Gasteiger partial charge in [0.25, 0.3) is 5.91 Å². The highest BCUT2D eigenvalue weighted by atomic mass is 16.1. The SMILES string of the molecule is CN(c1ccnc(C(N)=O)c1)c1ccccc1CN. The minimum absolute atomic E-state index is 0.245. The molecule has 1 amide bonds. The van der Waals surface area contributed by atoms with Crippen LogP contribution in [0.15, 0.2) is 42.6 Å². The number of anilines is 2. The number of pyridine rings is 1. The first-order valence-electron chi connectivity index (χ1n) is 5.91. The Morgan fingerprint density at radius 2 is 2.05 bits per heavy atom. The van der Waals surface area contributed by atoms with Crippen molar-refractivity contribution in [2.75, 3.05) is 11.9 Å². The molecule has 0 atom stereocenters. The Morgan fingerprint density at radius 3 is 2.74 bits per heavy atom. The molecule has 1 aromatic heterocycles. The minimum Gasteiger partial charge on any atom is -0.364 e. The van der Waals surface area contributed by atoms with Crippen LogP contribution in [0.2, 0.25) is 0 Å². The molecule has 0 radical (unpaired) electrons. The summed E-state index contributed by atoms with van der Waals surface area (Å²) in [5, 5.41) is 0. The Kier molecular flexibility index (Phi) is 3.77. The first-order chi connectivity index (χ1) is 9.13. The highest BCUT2D eigenvalue weighted by Gasteiger charge is 2.10. The maximum Gasteiger partial charge on any atom is 0.267 e. The van der Waals surface area contributed by atoms with Gasteiger partial charge in [0, 0.05) is 31.2 Å². The van der Waals surface area contributed by atoms with Gasteiger partial charge in [-0.2, -0.15) is 0 Å². The molecule has 0 aliphatic heterocycles. The molecule has 0 bridgehead atoms. The van der Waals surface area contributed by atoms with Crippen LogP contribution in [0, 0.1) is 0 Å². The van der Waals surface area contributed by atoms with Crippen molar-refractivity contribution in [3.05, 3.63) is 53.9 Å². The highest BCUT2D eigenvalue weighted by molar-refractivity contribution is 5.91. The lowest BCUT2D eigenvalue weighted by atomic mass is 10.1. The van der Waals surface area contributed by atoms with Crippen molar-refractivity contribution in [3.8, 4) is 0 Å². The predicted molar refractivity (Wildman–Crippen MR) is 75.2 cm³/mol. The van der Waals surface area contributed by atoms with Crippen molar-refractivity contribution in [3.63, 3.8) is 0 Å². The summed E-state index contributed by atoms with van der Waals surface area (Å²) >= 11 is 0. The van der Waals surface area contributed by atoms with Gasteiger partial charge in [-0.1, -0.05) is 18.2 Å². The number of para-hydroxylation sites is 1. The van der Waals surface area contributed by atoms with Gasteiger partial charge in [0.05, 0.1) is 0 Å². The number of carbonyl (C=O) groups is 1. The summed E-state index contributed by atoms with van der Waals surface area (Å²) in [6.07, 6.45) is 1.57. The van der Waals surface area contributed by atoms with Crippen LogP contribution >= 0.6 is 0 Å². The number of rotatable bonds is 4. The fourth-order valence-corrected chi connectivity index (χ4v) is 1.91. The average molecular weight is 256 g/mol. The molecule has 5 nitrogen and oxygen atoms in total. The van der Waals surface area contributed by atoms with Gasteiger partial charge in [0.15, 0.2) is 0 Å². The minimum atomic E-state index is -0.539. The van der Waals surface area contributed by atoms with E-state index in [1.165, 1.54) is 0 Å². The van der Waals surface area contributed by atoms with E-state index in [4.69, 9.17) is 11.5 Å². The van der Waals surface area contributed by atoms with Gasteiger partial charge in [0.2, 0.25) is 0 Å². The maximum atomic E-state index is 11.2. The first kappa shape index (κ1) is 13.0. The van der Waals surface area contributed by atoms with E-state index in [-0.39, 0.29) is 5.69 Å². The Balaban J connectivity index is 2.41. The van der Waals surface area contributed by atoms with E-state index in [0.717, 1.165) is 16.9 Å². The van der Waals surface area contributed by atoms with Gasteiger partial charge in [0.1, 0.15) is 5.69 Å². The Labute approximate surface area is 111 Å². The van der Waals surface area contributed by atoms with Gasteiger partial charge in [-0.25, -0.2) is 0 Å². The zero-order chi connectivity index (χ0) is 13.8. The van der Waals surface area contributed by atoms with E-state index in [0.29, 0.717) is 6.54 Å². The van der Waals surface area contributed by atoms with Gasteiger partial charge in [-0.05, 0) is 23.8 Å². The van der Waals surface area contributed by atoms with Crippen molar-refractivity contribution in [2.45, 2.75) is 6.54 Å². The summed E-state index contributed by atoms with van der Waals surface area (Å²) in [5.74, 6) is -0.539. The second kappa shape index (κ2) is 5.49. The van der Waals surface area contributed by atoms with Crippen molar-refractivity contribution in [2.24, 2.45) is 11.5 Å². The van der Waals surface area contributed by atoms with E-state index in [1.54, 1.807) is 12.3 Å². The van der Waals surface area contributed by atoms with Crippen LogP contribution in [0.3, 0.4) is 0 Å². The van der Waals surface area contributed by atoms with Crippen LogP contribution in [0.1, 0.15) is 16.1 Å². The number of primary amides is 1. The number of hydrogen-bond acceptors (Lipinski definition) is 4. The zero-order valence-corrected chi connectivity index (χ0v) is 10.7. The molecule has 2 aromatic rings. The number of hydrogen-bond donors (Lipinski definition) is 2. The van der Waals surface area contributed by atoms with Gasteiger partial charge >= 0.3 is 0 Å². The molecule has 98 valence electrons. The van der Waals surface area contributed by atoms with Crippen molar-refractivity contribution >= 4 is 17.3 Å². The summed E-state index contributed by atoms with van der Waals surface area (Å²) in [5.41, 5.74) is 14.1. The molecule has 1 heterocycles. The van der Waals surface area contributed by atoms with Crippen molar-refractivity contribution in [1.82, 2.24) is 4.98 Å². The molecule has 1 aromatic carbocycles. The number of nitrogens with zero attached hydrogens (tertiary/aromatic N) is 2. The standard InChI is InChI=1S/C14H16N4O/c1-18(13-5-3-2-4-10(13)9-15)11-6-7-17-12(8-11)14(16)19/h2-8H,9,15H2,1H3,(H2,16,19). The molecule has 2 rings (SSSR count). The Bertz CT molecular complexity index is 598. The van der Waals surface area contributed by atoms with E-state index in [1.807, 2.05) is 42.3 Å². The summed E-state index contributed by atoms with van der Waals surface area (Å²) in [6.45, 7) is 0.453. The van der Waals surface area contributed by atoms with Crippen LogP contribution in [-0.4, -0.2) is 17.9 Å². The monoisotopic (exact) mass is 256 g/mol. The third kappa shape index (κ3) is 2.71. The molecular formula is C14H16N4O. The number of nitrogens with two attached hydrogens (primary N) is 2. The largest absolute Gasteiger partial charge is 0.364 e. The number of aromatic nitrogens is 1. The molecule has 0 saturated heterocycles. The summed E-state index contributed by atoms with van der Waals surface area (Å²) in [7, 11) is 1.91.